The van der Waals surface area contributed by atoms with Crippen LogP contribution in [0.3, 0.4) is 0 Å². The SMILES string of the molecule is CCCN(CC(F)(F)F)c1nc(CC(=O)O)cs1. The normalized spacial score (nSPS) is 11.6. The second-order valence-electron chi connectivity index (χ2n) is 3.73. The van der Waals surface area contributed by atoms with E-state index in [0.29, 0.717) is 6.42 Å². The molecule has 0 radical (unpaired) electrons. The number of hydrogen-bond acceptors (Lipinski definition) is 4. The lowest BCUT2D eigenvalue weighted by Crippen LogP contribution is -2.34. The predicted octanol–water partition coefficient (Wildman–Crippen LogP) is 2.55. The van der Waals surface area contributed by atoms with Crippen molar-refractivity contribution in [1.29, 1.82) is 0 Å². The van der Waals surface area contributed by atoms with Crippen molar-refractivity contribution in [3.8, 4) is 0 Å². The van der Waals surface area contributed by atoms with Crippen molar-refractivity contribution in [2.45, 2.75) is 25.9 Å². The van der Waals surface area contributed by atoms with Crippen LogP contribution in [0.25, 0.3) is 0 Å². The minimum absolute atomic E-state index is 0.213. The van der Waals surface area contributed by atoms with Crippen LogP contribution in [0.15, 0.2) is 5.38 Å². The van der Waals surface area contributed by atoms with Gasteiger partial charge in [-0.3, -0.25) is 4.79 Å². The molecule has 0 aliphatic heterocycles. The lowest BCUT2D eigenvalue weighted by Gasteiger charge is -2.22. The number of carboxylic acids is 1. The number of alkyl halides is 3. The summed E-state index contributed by atoms with van der Waals surface area (Å²) in [5.41, 5.74) is 0.283. The molecule has 1 rings (SSSR count). The monoisotopic (exact) mass is 282 g/mol. The number of aromatic nitrogens is 1. The second kappa shape index (κ2) is 6.03. The molecule has 0 saturated heterocycles. The van der Waals surface area contributed by atoms with E-state index >= 15 is 0 Å². The number of hydrogen-bond donors (Lipinski definition) is 1. The van der Waals surface area contributed by atoms with Crippen LogP contribution in [-0.2, 0) is 11.2 Å². The lowest BCUT2D eigenvalue weighted by molar-refractivity contribution is -0.136. The van der Waals surface area contributed by atoms with Gasteiger partial charge in [-0.05, 0) is 6.42 Å². The molecule has 8 heteroatoms. The summed E-state index contributed by atoms with van der Waals surface area (Å²) in [6, 6.07) is 0. The molecule has 1 aromatic rings. The third-order valence-corrected chi connectivity index (χ3v) is 2.96. The maximum Gasteiger partial charge on any atom is 0.406 e. The molecule has 0 aliphatic carbocycles. The number of thiazole rings is 1. The molecule has 102 valence electrons. The minimum atomic E-state index is -4.30. The number of carboxylic acid groups (broad SMARTS) is 1. The Hall–Kier alpha value is -1.31. The molecule has 0 unspecified atom stereocenters. The van der Waals surface area contributed by atoms with Crippen LogP contribution in [0.2, 0.25) is 0 Å². The highest BCUT2D eigenvalue weighted by Crippen LogP contribution is 2.25. The van der Waals surface area contributed by atoms with E-state index in [0.717, 1.165) is 16.2 Å². The van der Waals surface area contributed by atoms with Gasteiger partial charge < -0.3 is 10.0 Å². The summed E-state index contributed by atoms with van der Waals surface area (Å²) in [6.07, 6.45) is -4.01. The van der Waals surface area contributed by atoms with Crippen LogP contribution in [-0.4, -0.2) is 35.3 Å². The molecule has 0 atom stereocenters. The highest BCUT2D eigenvalue weighted by atomic mass is 32.1. The van der Waals surface area contributed by atoms with E-state index in [1.165, 1.54) is 5.38 Å². The standard InChI is InChI=1S/C10H13F3N2O2S/c1-2-3-15(6-10(11,12)13)9-14-7(5-18-9)4-8(16)17/h5H,2-4,6H2,1H3,(H,16,17). The van der Waals surface area contributed by atoms with Gasteiger partial charge in [0.15, 0.2) is 5.13 Å². The van der Waals surface area contributed by atoms with Crippen molar-refractivity contribution in [3.63, 3.8) is 0 Å². The molecule has 4 nitrogen and oxygen atoms in total. The number of aliphatic carboxylic acids is 1. The number of halogens is 3. The third-order valence-electron chi connectivity index (χ3n) is 2.01. The Morgan fingerprint density at radius 3 is 2.72 bits per heavy atom. The molecule has 0 saturated carbocycles. The zero-order valence-corrected chi connectivity index (χ0v) is 10.5. The van der Waals surface area contributed by atoms with Gasteiger partial charge in [0, 0.05) is 11.9 Å². The Bertz CT molecular complexity index is 406. The van der Waals surface area contributed by atoms with Crippen molar-refractivity contribution in [2.24, 2.45) is 0 Å². The second-order valence-corrected chi connectivity index (χ2v) is 4.57. The zero-order valence-electron chi connectivity index (χ0n) is 9.70. The van der Waals surface area contributed by atoms with Crippen LogP contribution < -0.4 is 4.90 Å². The number of nitrogens with zero attached hydrogens (tertiary/aromatic N) is 2. The van der Waals surface area contributed by atoms with Crippen LogP contribution in [0.4, 0.5) is 18.3 Å². The fraction of sp³-hybridized carbons (Fsp3) is 0.600. The van der Waals surface area contributed by atoms with E-state index in [1.54, 1.807) is 6.92 Å². The third kappa shape index (κ3) is 4.91. The van der Waals surface area contributed by atoms with Crippen LogP contribution in [0, 0.1) is 0 Å². The Kier molecular flexibility index (Phi) is 4.94. The van der Waals surface area contributed by atoms with Gasteiger partial charge in [-0.2, -0.15) is 13.2 Å². The van der Waals surface area contributed by atoms with Gasteiger partial charge in [0.1, 0.15) is 6.54 Å². The Morgan fingerprint density at radius 2 is 2.22 bits per heavy atom. The average Bonchev–Trinajstić information content (AvgIpc) is 2.62. The lowest BCUT2D eigenvalue weighted by atomic mass is 10.3. The Morgan fingerprint density at radius 1 is 1.56 bits per heavy atom. The Balaban J connectivity index is 2.79. The summed E-state index contributed by atoms with van der Waals surface area (Å²) in [7, 11) is 0. The average molecular weight is 282 g/mol. The van der Waals surface area contributed by atoms with Crippen LogP contribution in [0.5, 0.6) is 0 Å². The van der Waals surface area contributed by atoms with Gasteiger partial charge in [-0.1, -0.05) is 6.92 Å². The molecule has 0 aliphatic rings. The molecule has 1 N–H and O–H groups in total. The Labute approximate surface area is 106 Å². The molecule has 0 spiro atoms. The van der Waals surface area contributed by atoms with Crippen molar-refractivity contribution < 1.29 is 23.1 Å². The van der Waals surface area contributed by atoms with E-state index in [2.05, 4.69) is 4.98 Å². The number of carbonyl (C=O) groups is 1. The first-order chi connectivity index (χ1) is 8.31. The van der Waals surface area contributed by atoms with E-state index in [9.17, 15) is 18.0 Å². The summed E-state index contributed by atoms with van der Waals surface area (Å²) < 4.78 is 37.1. The molecule has 18 heavy (non-hydrogen) atoms. The van der Waals surface area contributed by atoms with Gasteiger partial charge in [0.25, 0.3) is 0 Å². The topological polar surface area (TPSA) is 53.4 Å². The van der Waals surface area contributed by atoms with Gasteiger partial charge in [-0.15, -0.1) is 11.3 Å². The summed E-state index contributed by atoms with van der Waals surface area (Å²) in [5.74, 6) is -1.05. The van der Waals surface area contributed by atoms with Gasteiger partial charge in [0.2, 0.25) is 0 Å². The molecule has 1 heterocycles. The summed E-state index contributed by atoms with van der Waals surface area (Å²) in [6.45, 7) is 0.940. The zero-order chi connectivity index (χ0) is 13.8. The first-order valence-electron chi connectivity index (χ1n) is 5.29. The molecule has 1 aromatic heterocycles. The molecule has 0 aromatic carbocycles. The minimum Gasteiger partial charge on any atom is -0.481 e. The van der Waals surface area contributed by atoms with Crippen molar-refractivity contribution in [2.75, 3.05) is 18.0 Å². The van der Waals surface area contributed by atoms with Gasteiger partial charge >= 0.3 is 12.1 Å². The fourth-order valence-corrected chi connectivity index (χ4v) is 2.26. The van der Waals surface area contributed by atoms with E-state index < -0.39 is 18.7 Å². The van der Waals surface area contributed by atoms with Gasteiger partial charge in [-0.25, -0.2) is 4.98 Å². The predicted molar refractivity (Wildman–Crippen MR) is 62.0 cm³/mol. The quantitative estimate of drug-likeness (QED) is 0.871. The number of anilines is 1. The fourth-order valence-electron chi connectivity index (χ4n) is 1.41. The van der Waals surface area contributed by atoms with Crippen molar-refractivity contribution in [1.82, 2.24) is 4.98 Å². The molecular weight excluding hydrogens is 269 g/mol. The maximum atomic E-state index is 12.4. The number of rotatable bonds is 6. The van der Waals surface area contributed by atoms with Crippen LogP contribution in [0.1, 0.15) is 19.0 Å². The summed E-state index contributed by atoms with van der Waals surface area (Å²) >= 11 is 1.03. The molecule has 0 amide bonds. The molecular formula is C10H13F3N2O2S. The largest absolute Gasteiger partial charge is 0.481 e. The highest BCUT2D eigenvalue weighted by molar-refractivity contribution is 7.13. The maximum absolute atomic E-state index is 12.4. The molecule has 0 fully saturated rings. The highest BCUT2D eigenvalue weighted by Gasteiger charge is 2.31. The first kappa shape index (κ1) is 14.7. The van der Waals surface area contributed by atoms with Gasteiger partial charge in [0.05, 0.1) is 12.1 Å². The van der Waals surface area contributed by atoms with Crippen molar-refractivity contribution in [3.05, 3.63) is 11.1 Å². The van der Waals surface area contributed by atoms with Crippen LogP contribution >= 0.6 is 11.3 Å². The van der Waals surface area contributed by atoms with E-state index in [-0.39, 0.29) is 23.8 Å². The van der Waals surface area contributed by atoms with Crippen molar-refractivity contribution >= 4 is 22.4 Å². The molecule has 0 bridgehead atoms. The smallest absolute Gasteiger partial charge is 0.406 e. The van der Waals surface area contributed by atoms with E-state index in [4.69, 9.17) is 5.11 Å². The van der Waals surface area contributed by atoms with E-state index in [1.807, 2.05) is 0 Å². The first-order valence-corrected chi connectivity index (χ1v) is 6.17. The summed E-state index contributed by atoms with van der Waals surface area (Å²) in [5, 5.41) is 10.3. The summed E-state index contributed by atoms with van der Waals surface area (Å²) in [4.78, 5) is 15.5.